The number of nitrogens with zero attached hydrogens (tertiary/aromatic N) is 1. The number of thioether (sulfide) groups is 1. The van der Waals surface area contributed by atoms with Crippen molar-refractivity contribution in [2.24, 2.45) is 5.92 Å². The van der Waals surface area contributed by atoms with Crippen molar-refractivity contribution in [3.63, 3.8) is 0 Å². The number of ether oxygens (including phenoxy) is 1. The number of thiazole rings is 1. The number of rotatable bonds is 5. The van der Waals surface area contributed by atoms with Crippen molar-refractivity contribution in [3.05, 3.63) is 108 Å². The van der Waals surface area contributed by atoms with Gasteiger partial charge >= 0.3 is 4.87 Å². The van der Waals surface area contributed by atoms with E-state index in [0.717, 1.165) is 22.5 Å². The molecule has 2 aliphatic rings. The molecule has 3 atom stereocenters. The number of amides is 2. The van der Waals surface area contributed by atoms with E-state index in [2.05, 4.69) is 4.98 Å². The molecule has 0 saturated carbocycles. The summed E-state index contributed by atoms with van der Waals surface area (Å²) in [5, 5.41) is 0.847. The number of nitrogens with one attached hydrogen (secondary N) is 1. The zero-order chi connectivity index (χ0) is 26.6. The minimum absolute atomic E-state index is 0.244. The van der Waals surface area contributed by atoms with Crippen LogP contribution in [-0.2, 0) is 16.2 Å². The van der Waals surface area contributed by atoms with Crippen molar-refractivity contribution in [1.29, 1.82) is 0 Å². The van der Waals surface area contributed by atoms with Crippen molar-refractivity contribution in [2.75, 3.05) is 4.90 Å². The van der Waals surface area contributed by atoms with Crippen LogP contribution in [0.4, 0.5) is 5.69 Å². The van der Waals surface area contributed by atoms with Gasteiger partial charge in [0, 0.05) is 26.4 Å². The average molecular weight is 584 g/mol. The highest BCUT2D eigenvalue weighted by Crippen LogP contribution is 2.54. The predicted molar refractivity (Wildman–Crippen MR) is 151 cm³/mol. The minimum atomic E-state index is -0.749. The van der Waals surface area contributed by atoms with Crippen molar-refractivity contribution in [3.8, 4) is 5.75 Å². The fourth-order valence-electron chi connectivity index (χ4n) is 5.02. The first-order chi connectivity index (χ1) is 18.3. The van der Waals surface area contributed by atoms with Crippen LogP contribution in [0.25, 0.3) is 0 Å². The van der Waals surface area contributed by atoms with E-state index in [1.165, 1.54) is 16.7 Å². The van der Waals surface area contributed by atoms with E-state index >= 15 is 0 Å². The highest BCUT2D eigenvalue weighted by molar-refractivity contribution is 8.00. The number of H-pyrrole nitrogens is 1. The van der Waals surface area contributed by atoms with Crippen LogP contribution in [0.15, 0.2) is 76.6 Å². The first-order valence-corrected chi connectivity index (χ1v) is 14.3. The summed E-state index contributed by atoms with van der Waals surface area (Å²) in [5.74, 6) is -1.47. The van der Waals surface area contributed by atoms with Gasteiger partial charge in [0.2, 0.25) is 11.8 Å². The standard InChI is InChI=1S/C28H20Cl2N2O4S2/c1-14-4-2-3-5-15(14)13-36-20-11-8-17(30)12-19(20)21-22-24(37-25-23(21)38-28(35)31-25)27(34)32(26(22)33)18-9-6-16(29)7-10-18/h2-12,21-22,24H,13H2,1H3,(H,31,35)/t21-,22?,24?/m1/s1. The molecule has 4 aromatic rings. The Morgan fingerprint density at radius 2 is 1.68 bits per heavy atom. The number of imide groups is 1. The second-order valence-corrected chi connectivity index (χ2v) is 12.2. The Morgan fingerprint density at radius 3 is 2.45 bits per heavy atom. The van der Waals surface area contributed by atoms with Crippen LogP contribution in [0, 0.1) is 12.8 Å². The molecule has 10 heteroatoms. The lowest BCUT2D eigenvalue weighted by Crippen LogP contribution is -2.32. The number of anilines is 1. The SMILES string of the molecule is Cc1ccccc1COc1ccc(Cl)cc1[C@H]1c2sc(=O)[nH]c2SC2C(=O)N(c3ccc(Cl)cc3)C(=O)C21. The molecule has 38 heavy (non-hydrogen) atoms. The van der Waals surface area contributed by atoms with Gasteiger partial charge in [0.15, 0.2) is 0 Å². The first kappa shape index (κ1) is 25.2. The zero-order valence-electron chi connectivity index (χ0n) is 19.9. The van der Waals surface area contributed by atoms with E-state index in [0.29, 0.717) is 43.6 Å². The molecule has 192 valence electrons. The Morgan fingerprint density at radius 1 is 0.947 bits per heavy atom. The Balaban J connectivity index is 1.45. The highest BCUT2D eigenvalue weighted by Gasteiger charge is 2.56. The number of aryl methyl sites for hydroxylation is 1. The van der Waals surface area contributed by atoms with Crippen LogP contribution in [0.2, 0.25) is 10.0 Å². The zero-order valence-corrected chi connectivity index (χ0v) is 23.1. The normalized spacial score (nSPS) is 20.4. The second-order valence-electron chi connectivity index (χ2n) is 9.14. The monoisotopic (exact) mass is 582 g/mol. The molecule has 3 aromatic carbocycles. The molecule has 1 N–H and O–H groups in total. The topological polar surface area (TPSA) is 79.5 Å². The molecule has 2 aliphatic heterocycles. The highest BCUT2D eigenvalue weighted by atomic mass is 35.5. The van der Waals surface area contributed by atoms with E-state index in [9.17, 15) is 14.4 Å². The van der Waals surface area contributed by atoms with Gasteiger partial charge in [-0.2, -0.15) is 0 Å². The van der Waals surface area contributed by atoms with Crippen molar-refractivity contribution in [1.82, 2.24) is 4.98 Å². The summed E-state index contributed by atoms with van der Waals surface area (Å²) in [6, 6.07) is 19.8. The van der Waals surface area contributed by atoms with Crippen LogP contribution in [0.1, 0.15) is 27.5 Å². The fourth-order valence-corrected chi connectivity index (χ4v) is 7.83. The number of hydrogen-bond donors (Lipinski definition) is 1. The number of benzene rings is 3. The number of halogens is 2. The van der Waals surface area contributed by atoms with Gasteiger partial charge < -0.3 is 9.72 Å². The molecule has 1 fully saturated rings. The lowest BCUT2D eigenvalue weighted by Gasteiger charge is -2.31. The van der Waals surface area contributed by atoms with E-state index in [-0.39, 0.29) is 16.7 Å². The predicted octanol–water partition coefficient (Wildman–Crippen LogP) is 6.43. The quantitative estimate of drug-likeness (QED) is 0.274. The van der Waals surface area contributed by atoms with Gasteiger partial charge in [0.1, 0.15) is 17.6 Å². The summed E-state index contributed by atoms with van der Waals surface area (Å²) in [6.07, 6.45) is 0. The Hall–Kier alpha value is -3.04. The molecule has 0 radical (unpaired) electrons. The molecule has 1 saturated heterocycles. The molecule has 0 aliphatic carbocycles. The minimum Gasteiger partial charge on any atom is -0.489 e. The number of fused-ring (bicyclic) bond motifs is 2. The lowest BCUT2D eigenvalue weighted by molar-refractivity contribution is -0.122. The summed E-state index contributed by atoms with van der Waals surface area (Å²) in [7, 11) is 0. The molecule has 1 aromatic heterocycles. The van der Waals surface area contributed by atoms with Crippen LogP contribution in [0.5, 0.6) is 5.75 Å². The smallest absolute Gasteiger partial charge is 0.305 e. The summed E-state index contributed by atoms with van der Waals surface area (Å²) < 4.78 is 6.30. The van der Waals surface area contributed by atoms with Crippen molar-refractivity contribution >= 4 is 63.8 Å². The lowest BCUT2D eigenvalue weighted by atomic mass is 9.82. The molecular weight excluding hydrogens is 563 g/mol. The number of carbonyl (C=O) groups excluding carboxylic acids is 2. The van der Waals surface area contributed by atoms with Gasteiger partial charge in [-0.25, -0.2) is 4.90 Å². The molecule has 2 unspecified atom stereocenters. The average Bonchev–Trinajstić information content (AvgIpc) is 3.39. The number of hydrogen-bond acceptors (Lipinski definition) is 6. The summed E-state index contributed by atoms with van der Waals surface area (Å²) in [4.78, 5) is 44.6. The summed E-state index contributed by atoms with van der Waals surface area (Å²) in [6.45, 7) is 2.33. The maximum atomic E-state index is 14.0. The maximum Gasteiger partial charge on any atom is 0.305 e. The third kappa shape index (κ3) is 4.35. The van der Waals surface area contributed by atoms with E-state index in [1.54, 1.807) is 42.5 Å². The molecule has 0 spiro atoms. The van der Waals surface area contributed by atoms with Crippen LogP contribution in [0.3, 0.4) is 0 Å². The molecule has 2 amide bonds. The van der Waals surface area contributed by atoms with Gasteiger partial charge in [-0.05, 0) is 60.5 Å². The van der Waals surface area contributed by atoms with Crippen molar-refractivity contribution in [2.45, 2.75) is 29.7 Å². The van der Waals surface area contributed by atoms with Gasteiger partial charge in [0.25, 0.3) is 0 Å². The van der Waals surface area contributed by atoms with Crippen LogP contribution < -0.4 is 14.5 Å². The third-order valence-corrected chi connectivity index (χ3v) is 9.75. The molecular formula is C28H20Cl2N2O4S2. The molecule has 6 rings (SSSR count). The fraction of sp³-hybridized carbons (Fsp3) is 0.179. The molecule has 0 bridgehead atoms. The number of aromatic amines is 1. The van der Waals surface area contributed by atoms with Gasteiger partial charge in [-0.3, -0.25) is 14.4 Å². The maximum absolute atomic E-state index is 14.0. The van der Waals surface area contributed by atoms with E-state index < -0.39 is 17.1 Å². The van der Waals surface area contributed by atoms with Crippen LogP contribution >= 0.6 is 46.3 Å². The largest absolute Gasteiger partial charge is 0.489 e. The number of aromatic nitrogens is 1. The first-order valence-electron chi connectivity index (χ1n) is 11.8. The van der Waals surface area contributed by atoms with Crippen molar-refractivity contribution < 1.29 is 14.3 Å². The van der Waals surface area contributed by atoms with Gasteiger partial charge in [-0.15, -0.1) is 0 Å². The Kier molecular flexibility index (Phi) is 6.60. The van der Waals surface area contributed by atoms with E-state index in [1.807, 2.05) is 31.2 Å². The second kappa shape index (κ2) is 9.93. The molecule has 3 heterocycles. The van der Waals surface area contributed by atoms with Crippen LogP contribution in [-0.4, -0.2) is 22.0 Å². The van der Waals surface area contributed by atoms with E-state index in [4.69, 9.17) is 27.9 Å². The summed E-state index contributed by atoms with van der Waals surface area (Å²) in [5.41, 5.74) is 3.24. The third-order valence-electron chi connectivity index (χ3n) is 6.86. The van der Waals surface area contributed by atoms with Gasteiger partial charge in [0.05, 0.1) is 16.6 Å². The Bertz CT molecular complexity index is 1630. The molecule has 6 nitrogen and oxygen atoms in total. The van der Waals surface area contributed by atoms with Gasteiger partial charge in [-0.1, -0.05) is 70.6 Å². The number of carbonyl (C=O) groups is 2. The Labute approximate surface area is 236 Å². The summed E-state index contributed by atoms with van der Waals surface area (Å²) >= 11 is 14.8.